The molecular weight excluding hydrogens is 454 g/mol. The Morgan fingerprint density at radius 1 is 1.08 bits per heavy atom. The van der Waals surface area contributed by atoms with Crippen molar-refractivity contribution >= 4 is 17.4 Å². The van der Waals surface area contributed by atoms with E-state index in [0.717, 1.165) is 49.5 Å². The predicted molar refractivity (Wildman–Crippen MR) is 140 cm³/mol. The molecule has 1 fully saturated rings. The zero-order valence-electron chi connectivity index (χ0n) is 21.2. The van der Waals surface area contributed by atoms with Gasteiger partial charge in [-0.25, -0.2) is 5.48 Å². The summed E-state index contributed by atoms with van der Waals surface area (Å²) in [5, 5.41) is 11.7. The second-order valence-corrected chi connectivity index (χ2v) is 9.07. The Bertz CT molecular complexity index is 1110. The van der Waals surface area contributed by atoms with Crippen LogP contribution >= 0.6 is 0 Å². The Morgan fingerprint density at radius 3 is 2.33 bits per heavy atom. The smallest absolute Gasteiger partial charge is 0.266 e. The monoisotopic (exact) mass is 489 g/mol. The number of hydrogen-bond acceptors (Lipinski definition) is 5. The molecule has 0 aliphatic carbocycles. The van der Waals surface area contributed by atoms with Crippen molar-refractivity contribution in [3.05, 3.63) is 76.9 Å². The Balaban J connectivity index is 1.59. The summed E-state index contributed by atoms with van der Waals surface area (Å²) in [6.45, 7) is 10.2. The molecule has 3 rings (SSSR count). The third kappa shape index (κ3) is 7.79. The van der Waals surface area contributed by atoms with E-state index in [1.807, 2.05) is 51.1 Å². The molecule has 0 spiro atoms. The molecule has 7 nitrogen and oxygen atoms in total. The van der Waals surface area contributed by atoms with Gasteiger partial charge in [-0.15, -0.1) is 0 Å². The summed E-state index contributed by atoms with van der Waals surface area (Å²) in [6.07, 6.45) is 2.54. The van der Waals surface area contributed by atoms with Crippen molar-refractivity contribution in [1.82, 2.24) is 15.7 Å². The van der Waals surface area contributed by atoms with E-state index < -0.39 is 11.9 Å². The Morgan fingerprint density at radius 2 is 1.72 bits per heavy atom. The minimum Gasteiger partial charge on any atom is -0.379 e. The van der Waals surface area contributed by atoms with Gasteiger partial charge in [0.25, 0.3) is 11.8 Å². The second-order valence-electron chi connectivity index (χ2n) is 9.07. The summed E-state index contributed by atoms with van der Waals surface area (Å²) < 4.78 is 5.40. The molecule has 7 heteroatoms. The molecule has 0 radical (unpaired) electrons. The van der Waals surface area contributed by atoms with Crippen LogP contribution in [-0.2, 0) is 16.1 Å². The first-order chi connectivity index (χ1) is 17.4. The molecule has 36 heavy (non-hydrogen) atoms. The quantitative estimate of drug-likeness (QED) is 0.299. The molecule has 2 aromatic carbocycles. The first kappa shape index (κ1) is 27.2. The van der Waals surface area contributed by atoms with Crippen LogP contribution in [0.5, 0.6) is 0 Å². The first-order valence-electron chi connectivity index (χ1n) is 12.3. The maximum absolute atomic E-state index is 12.6. The number of hydrogen-bond donors (Lipinski definition) is 3. The molecule has 190 valence electrons. The van der Waals surface area contributed by atoms with Crippen LogP contribution in [-0.4, -0.2) is 54.3 Å². The molecule has 1 aliphatic heterocycles. The normalized spacial score (nSPS) is 15.8. The fraction of sp³-hybridized carbons (Fsp3) is 0.379. The van der Waals surface area contributed by atoms with Crippen LogP contribution in [0.25, 0.3) is 5.57 Å². The van der Waals surface area contributed by atoms with Crippen molar-refractivity contribution in [3.8, 4) is 11.8 Å². The van der Waals surface area contributed by atoms with Gasteiger partial charge in [-0.05, 0) is 59.9 Å². The zero-order valence-corrected chi connectivity index (χ0v) is 21.2. The number of amides is 2. The largest absolute Gasteiger partial charge is 0.379 e. The van der Waals surface area contributed by atoms with E-state index in [4.69, 9.17) is 9.94 Å². The van der Waals surface area contributed by atoms with E-state index in [1.54, 1.807) is 17.6 Å². The van der Waals surface area contributed by atoms with Crippen molar-refractivity contribution in [3.63, 3.8) is 0 Å². The van der Waals surface area contributed by atoms with Gasteiger partial charge >= 0.3 is 0 Å². The average molecular weight is 490 g/mol. The van der Waals surface area contributed by atoms with Gasteiger partial charge < -0.3 is 10.1 Å². The maximum atomic E-state index is 12.6. The van der Waals surface area contributed by atoms with Crippen molar-refractivity contribution < 1.29 is 19.5 Å². The molecule has 3 N–H and O–H groups in total. The van der Waals surface area contributed by atoms with Crippen LogP contribution < -0.4 is 10.8 Å². The van der Waals surface area contributed by atoms with Crippen LogP contribution in [0.4, 0.5) is 0 Å². The van der Waals surface area contributed by atoms with Gasteiger partial charge in [0.15, 0.2) is 0 Å². The Hall–Kier alpha value is -3.44. The third-order valence-corrected chi connectivity index (χ3v) is 6.46. The summed E-state index contributed by atoms with van der Waals surface area (Å²) in [7, 11) is 0. The van der Waals surface area contributed by atoms with Crippen LogP contribution in [0.1, 0.15) is 54.2 Å². The van der Waals surface area contributed by atoms with Gasteiger partial charge in [0.1, 0.15) is 6.04 Å². The maximum Gasteiger partial charge on any atom is 0.266 e. The van der Waals surface area contributed by atoms with Crippen LogP contribution in [0.2, 0.25) is 0 Å². The number of nitrogens with one attached hydrogen (secondary N) is 2. The lowest BCUT2D eigenvalue weighted by atomic mass is 9.98. The standard InChI is InChI=1S/C29H35N3O4/c1-4-21(2)27(29(34)31-35)30-28(33)26-14-12-25(13-15-26)22(3)6-5-7-23-8-10-24(11-9-23)20-32-16-18-36-19-17-32/h6,8-15,21,27,35H,4,16-20H2,1-3H3,(H,30,33)(H,31,34)/b22-6+/t21?,27-/m0/s1. The third-order valence-electron chi connectivity index (χ3n) is 6.46. The topological polar surface area (TPSA) is 90.9 Å². The highest BCUT2D eigenvalue weighted by atomic mass is 16.5. The number of allylic oxidation sites excluding steroid dienone is 2. The molecule has 0 aromatic heterocycles. The lowest BCUT2D eigenvalue weighted by Gasteiger charge is -2.26. The first-order valence-corrected chi connectivity index (χ1v) is 12.3. The number of hydroxylamine groups is 1. The van der Waals surface area contributed by atoms with Crippen molar-refractivity contribution in [1.29, 1.82) is 0 Å². The highest BCUT2D eigenvalue weighted by molar-refractivity contribution is 5.97. The minimum absolute atomic E-state index is 0.120. The summed E-state index contributed by atoms with van der Waals surface area (Å²) >= 11 is 0. The number of carbonyl (C=O) groups is 2. The number of benzene rings is 2. The van der Waals surface area contributed by atoms with Gasteiger partial charge in [-0.1, -0.05) is 56.4 Å². The lowest BCUT2D eigenvalue weighted by molar-refractivity contribution is -0.132. The number of nitrogens with zero attached hydrogens (tertiary/aromatic N) is 1. The van der Waals surface area contributed by atoms with Gasteiger partial charge in [0.2, 0.25) is 0 Å². The zero-order chi connectivity index (χ0) is 25.9. The predicted octanol–water partition coefficient (Wildman–Crippen LogP) is 3.62. The Kier molecular flexibility index (Phi) is 10.3. The molecule has 2 atom stereocenters. The highest BCUT2D eigenvalue weighted by Crippen LogP contribution is 2.16. The van der Waals surface area contributed by atoms with E-state index in [9.17, 15) is 9.59 Å². The number of ether oxygens (including phenoxy) is 1. The summed E-state index contributed by atoms with van der Waals surface area (Å²) in [5.74, 6) is 5.18. The van der Waals surface area contributed by atoms with E-state index in [-0.39, 0.29) is 11.8 Å². The highest BCUT2D eigenvalue weighted by Gasteiger charge is 2.26. The molecule has 0 bridgehead atoms. The van der Waals surface area contributed by atoms with Crippen LogP contribution in [0, 0.1) is 17.8 Å². The van der Waals surface area contributed by atoms with E-state index in [1.165, 1.54) is 5.56 Å². The summed E-state index contributed by atoms with van der Waals surface area (Å²) in [4.78, 5) is 26.9. The molecule has 1 aliphatic rings. The molecule has 2 aromatic rings. The Labute approximate surface area is 213 Å². The van der Waals surface area contributed by atoms with Crippen LogP contribution in [0.15, 0.2) is 54.6 Å². The van der Waals surface area contributed by atoms with Gasteiger partial charge in [0.05, 0.1) is 13.2 Å². The number of carbonyl (C=O) groups excluding carboxylic acids is 2. The van der Waals surface area contributed by atoms with Gasteiger partial charge in [0, 0.05) is 30.8 Å². The number of morpholine rings is 1. The fourth-order valence-corrected chi connectivity index (χ4v) is 3.90. The summed E-state index contributed by atoms with van der Waals surface area (Å²) in [5.41, 5.74) is 6.23. The molecule has 1 saturated heterocycles. The summed E-state index contributed by atoms with van der Waals surface area (Å²) in [6, 6.07) is 14.7. The van der Waals surface area contributed by atoms with Crippen LogP contribution in [0.3, 0.4) is 0 Å². The van der Waals surface area contributed by atoms with Gasteiger partial charge in [-0.2, -0.15) is 0 Å². The lowest BCUT2D eigenvalue weighted by Crippen LogP contribution is -2.49. The molecule has 1 unspecified atom stereocenters. The van der Waals surface area contributed by atoms with Crippen molar-refractivity contribution in [2.75, 3.05) is 26.3 Å². The second kappa shape index (κ2) is 13.6. The van der Waals surface area contributed by atoms with Crippen molar-refractivity contribution in [2.45, 2.75) is 39.8 Å². The van der Waals surface area contributed by atoms with E-state index in [0.29, 0.717) is 12.0 Å². The van der Waals surface area contributed by atoms with E-state index >= 15 is 0 Å². The molecule has 0 saturated carbocycles. The molecule has 2 amide bonds. The molecular formula is C29H35N3O4. The molecule has 1 heterocycles. The van der Waals surface area contributed by atoms with Gasteiger partial charge in [-0.3, -0.25) is 19.7 Å². The van der Waals surface area contributed by atoms with E-state index in [2.05, 4.69) is 34.2 Å². The van der Waals surface area contributed by atoms with Crippen molar-refractivity contribution in [2.24, 2.45) is 5.92 Å². The minimum atomic E-state index is -0.808. The fourth-order valence-electron chi connectivity index (χ4n) is 3.90. The number of rotatable bonds is 8. The average Bonchev–Trinajstić information content (AvgIpc) is 2.92. The SMILES string of the molecule is CCC(C)[C@H](NC(=O)c1ccc(/C(C)=C/C#Cc2ccc(CN3CCOCC3)cc2)cc1)C(=O)NO.